The van der Waals surface area contributed by atoms with Crippen molar-refractivity contribution in [2.45, 2.75) is 12.8 Å². The van der Waals surface area contributed by atoms with Crippen molar-refractivity contribution >= 4 is 21.6 Å². The summed E-state index contributed by atoms with van der Waals surface area (Å²) in [7, 11) is 1.70. The van der Waals surface area contributed by atoms with Gasteiger partial charge in [0.2, 0.25) is 0 Å². The largest absolute Gasteiger partial charge is 0.497 e. The molecule has 4 rings (SSSR count). The van der Waals surface area contributed by atoms with Crippen molar-refractivity contribution in [3.8, 4) is 17.0 Å². The number of hydrogen-bond donors (Lipinski definition) is 0. The molecule has 0 fully saturated rings. The third-order valence-electron chi connectivity index (χ3n) is 3.88. The molecule has 0 radical (unpaired) electrons. The summed E-state index contributed by atoms with van der Waals surface area (Å²) >= 11 is 3.53. The van der Waals surface area contributed by atoms with E-state index in [-0.39, 0.29) is 0 Å². The van der Waals surface area contributed by atoms with Gasteiger partial charge in [0.05, 0.1) is 18.5 Å². The molecule has 0 unspecified atom stereocenters. The molecule has 3 aromatic rings. The Balaban J connectivity index is 2.01. The minimum absolute atomic E-state index is 0.884. The minimum atomic E-state index is 0.884. The molecule has 2 aromatic heterocycles. The Hall–Kier alpha value is -1.81. The van der Waals surface area contributed by atoms with Crippen LogP contribution in [0.2, 0.25) is 0 Å². The number of hydrogen-bond acceptors (Lipinski definition) is 2. The van der Waals surface area contributed by atoms with Crippen molar-refractivity contribution < 1.29 is 4.74 Å². The van der Waals surface area contributed by atoms with E-state index in [9.17, 15) is 0 Å². The average Bonchev–Trinajstić information content (AvgIpc) is 2.85. The SMILES string of the molecule is COc1ccc2c(c1)-c1nc3ccc(Br)cn3c1CC2. The van der Waals surface area contributed by atoms with Crippen LogP contribution in [0.25, 0.3) is 16.9 Å². The lowest BCUT2D eigenvalue weighted by molar-refractivity contribution is 0.415. The Morgan fingerprint density at radius 1 is 1.20 bits per heavy atom. The number of methoxy groups -OCH3 is 1. The number of imidazole rings is 1. The molecular weight excluding hydrogens is 316 g/mol. The first-order valence-electron chi connectivity index (χ1n) is 6.60. The lowest BCUT2D eigenvalue weighted by atomic mass is 9.92. The highest BCUT2D eigenvalue weighted by Gasteiger charge is 2.22. The zero-order chi connectivity index (χ0) is 13.7. The van der Waals surface area contributed by atoms with E-state index in [2.05, 4.69) is 38.7 Å². The third-order valence-corrected chi connectivity index (χ3v) is 4.35. The number of ether oxygens (including phenoxy) is 1. The topological polar surface area (TPSA) is 26.5 Å². The summed E-state index contributed by atoms with van der Waals surface area (Å²) < 4.78 is 8.60. The molecule has 0 N–H and O–H groups in total. The summed E-state index contributed by atoms with van der Waals surface area (Å²) in [6, 6.07) is 10.3. The van der Waals surface area contributed by atoms with Crippen molar-refractivity contribution in [2.75, 3.05) is 7.11 Å². The molecule has 0 saturated carbocycles. The Labute approximate surface area is 125 Å². The molecule has 20 heavy (non-hydrogen) atoms. The number of pyridine rings is 1. The van der Waals surface area contributed by atoms with Crippen molar-refractivity contribution in [3.63, 3.8) is 0 Å². The number of aryl methyl sites for hydroxylation is 2. The van der Waals surface area contributed by atoms with Gasteiger partial charge >= 0.3 is 0 Å². The van der Waals surface area contributed by atoms with Crippen LogP contribution < -0.4 is 4.74 Å². The lowest BCUT2D eigenvalue weighted by Gasteiger charge is -2.16. The van der Waals surface area contributed by atoms with E-state index in [1.807, 2.05) is 18.2 Å². The number of aromatic nitrogens is 2. The maximum atomic E-state index is 5.35. The highest BCUT2D eigenvalue weighted by Crippen LogP contribution is 2.36. The second-order valence-corrected chi connectivity index (χ2v) is 5.92. The first-order chi connectivity index (χ1) is 9.76. The molecule has 100 valence electrons. The van der Waals surface area contributed by atoms with Gasteiger partial charge in [0, 0.05) is 16.2 Å². The highest BCUT2D eigenvalue weighted by molar-refractivity contribution is 9.10. The van der Waals surface area contributed by atoms with E-state index in [1.165, 1.54) is 16.8 Å². The van der Waals surface area contributed by atoms with Crippen LogP contribution in [0.15, 0.2) is 41.0 Å². The van der Waals surface area contributed by atoms with Gasteiger partial charge < -0.3 is 9.14 Å². The molecule has 1 aliphatic carbocycles. The van der Waals surface area contributed by atoms with Crippen LogP contribution in [-0.4, -0.2) is 16.5 Å². The standard InChI is InChI=1S/C16H13BrN2O/c1-20-12-5-2-10-3-6-14-16(13(10)8-12)18-15-7-4-11(17)9-19(14)15/h2,4-5,7-9H,3,6H2,1H3. The zero-order valence-corrected chi connectivity index (χ0v) is 12.6. The van der Waals surface area contributed by atoms with Crippen molar-refractivity contribution in [1.29, 1.82) is 0 Å². The van der Waals surface area contributed by atoms with Crippen molar-refractivity contribution in [2.24, 2.45) is 0 Å². The maximum Gasteiger partial charge on any atom is 0.137 e. The van der Waals surface area contributed by atoms with Crippen LogP contribution in [0, 0.1) is 0 Å². The van der Waals surface area contributed by atoms with Gasteiger partial charge in [-0.25, -0.2) is 4.98 Å². The second kappa shape index (κ2) is 4.35. The predicted octanol–water partition coefficient (Wildman–Crippen LogP) is 3.87. The predicted molar refractivity (Wildman–Crippen MR) is 82.3 cm³/mol. The van der Waals surface area contributed by atoms with Crippen LogP contribution in [0.3, 0.4) is 0 Å². The number of rotatable bonds is 1. The minimum Gasteiger partial charge on any atom is -0.497 e. The summed E-state index contributed by atoms with van der Waals surface area (Å²) in [6.07, 6.45) is 4.16. The van der Waals surface area contributed by atoms with E-state index in [0.717, 1.165) is 34.4 Å². The quantitative estimate of drug-likeness (QED) is 0.677. The highest BCUT2D eigenvalue weighted by atomic mass is 79.9. The number of benzene rings is 1. The Morgan fingerprint density at radius 2 is 2.10 bits per heavy atom. The number of halogens is 1. The lowest BCUT2D eigenvalue weighted by Crippen LogP contribution is -2.05. The Morgan fingerprint density at radius 3 is 2.95 bits per heavy atom. The molecule has 2 heterocycles. The molecule has 1 aromatic carbocycles. The Kier molecular flexibility index (Phi) is 2.60. The van der Waals surface area contributed by atoms with Crippen LogP contribution in [-0.2, 0) is 12.8 Å². The summed E-state index contributed by atoms with van der Waals surface area (Å²) in [4.78, 5) is 4.80. The molecular formula is C16H13BrN2O. The fourth-order valence-corrected chi connectivity index (χ4v) is 3.23. The molecule has 0 saturated heterocycles. The van der Waals surface area contributed by atoms with Gasteiger partial charge in [-0.05, 0) is 58.6 Å². The van der Waals surface area contributed by atoms with Gasteiger partial charge in [-0.3, -0.25) is 0 Å². The molecule has 0 bridgehead atoms. The first-order valence-corrected chi connectivity index (χ1v) is 7.39. The van der Waals surface area contributed by atoms with Gasteiger partial charge in [0.25, 0.3) is 0 Å². The van der Waals surface area contributed by atoms with Gasteiger partial charge in [-0.2, -0.15) is 0 Å². The molecule has 1 aliphatic rings. The van der Waals surface area contributed by atoms with E-state index in [4.69, 9.17) is 9.72 Å². The van der Waals surface area contributed by atoms with Gasteiger partial charge in [0.1, 0.15) is 11.4 Å². The molecule has 0 atom stereocenters. The van der Waals surface area contributed by atoms with E-state index < -0.39 is 0 Å². The number of fused-ring (bicyclic) bond motifs is 5. The van der Waals surface area contributed by atoms with E-state index in [0.29, 0.717) is 0 Å². The van der Waals surface area contributed by atoms with Crippen LogP contribution in [0.4, 0.5) is 0 Å². The monoisotopic (exact) mass is 328 g/mol. The average molecular weight is 329 g/mol. The fourth-order valence-electron chi connectivity index (χ4n) is 2.90. The van der Waals surface area contributed by atoms with Gasteiger partial charge in [-0.15, -0.1) is 0 Å². The van der Waals surface area contributed by atoms with Crippen LogP contribution >= 0.6 is 15.9 Å². The summed E-state index contributed by atoms with van der Waals surface area (Å²) in [5, 5.41) is 0. The molecule has 4 heteroatoms. The number of nitrogens with zero attached hydrogens (tertiary/aromatic N) is 2. The van der Waals surface area contributed by atoms with Crippen molar-refractivity contribution in [1.82, 2.24) is 9.38 Å². The second-order valence-electron chi connectivity index (χ2n) is 5.01. The smallest absolute Gasteiger partial charge is 0.137 e. The fraction of sp³-hybridized carbons (Fsp3) is 0.188. The molecule has 0 spiro atoms. The van der Waals surface area contributed by atoms with E-state index >= 15 is 0 Å². The maximum absolute atomic E-state index is 5.35. The van der Waals surface area contributed by atoms with Crippen LogP contribution in [0.1, 0.15) is 11.3 Å². The molecule has 0 aliphatic heterocycles. The Bertz CT molecular complexity index is 823. The van der Waals surface area contributed by atoms with Crippen LogP contribution in [0.5, 0.6) is 5.75 Å². The first kappa shape index (κ1) is 12.0. The normalized spacial score (nSPS) is 13.1. The molecule has 3 nitrogen and oxygen atoms in total. The van der Waals surface area contributed by atoms with E-state index in [1.54, 1.807) is 7.11 Å². The van der Waals surface area contributed by atoms with Gasteiger partial charge in [0.15, 0.2) is 0 Å². The third kappa shape index (κ3) is 1.68. The summed E-state index contributed by atoms with van der Waals surface area (Å²) in [6.45, 7) is 0. The summed E-state index contributed by atoms with van der Waals surface area (Å²) in [5.41, 5.74) is 5.91. The summed E-state index contributed by atoms with van der Waals surface area (Å²) in [5.74, 6) is 0.884. The zero-order valence-electron chi connectivity index (χ0n) is 11.1. The van der Waals surface area contributed by atoms with Gasteiger partial charge in [-0.1, -0.05) is 6.07 Å². The molecule has 0 amide bonds. The van der Waals surface area contributed by atoms with Crippen molar-refractivity contribution in [3.05, 3.63) is 52.3 Å².